The molecular weight excluding hydrogens is 290 g/mol. The quantitative estimate of drug-likeness (QED) is 0.445. The number of nitrogens with one attached hydrogen (secondary N) is 1. The van der Waals surface area contributed by atoms with Crippen molar-refractivity contribution in [1.29, 1.82) is 0 Å². The van der Waals surface area contributed by atoms with E-state index in [0.717, 1.165) is 11.3 Å². The van der Waals surface area contributed by atoms with Crippen LogP contribution in [0, 0.1) is 0 Å². The molecule has 3 aromatic heterocycles. The van der Waals surface area contributed by atoms with E-state index in [1.165, 1.54) is 0 Å². The third kappa shape index (κ3) is 2.39. The van der Waals surface area contributed by atoms with E-state index in [-0.39, 0.29) is 0 Å². The van der Waals surface area contributed by atoms with Crippen LogP contribution in [0.3, 0.4) is 0 Å². The smallest absolute Gasteiger partial charge is 0.158 e. The molecule has 1 aromatic carbocycles. The lowest BCUT2D eigenvalue weighted by atomic mass is 10.1. The fourth-order valence-corrected chi connectivity index (χ4v) is 2.39. The lowest BCUT2D eigenvalue weighted by Crippen LogP contribution is -2.12. The van der Waals surface area contributed by atoms with Gasteiger partial charge in [-0.2, -0.15) is 9.61 Å². The Bertz CT molecular complexity index is 948. The molecule has 0 fully saturated rings. The van der Waals surface area contributed by atoms with E-state index in [2.05, 4.69) is 25.5 Å². The highest BCUT2D eigenvalue weighted by Crippen LogP contribution is 2.24. The summed E-state index contributed by atoms with van der Waals surface area (Å²) < 4.78 is 1.65. The van der Waals surface area contributed by atoms with E-state index in [1.807, 2.05) is 42.5 Å². The minimum Gasteiger partial charge on any atom is -0.308 e. The molecule has 23 heavy (non-hydrogen) atoms. The summed E-state index contributed by atoms with van der Waals surface area (Å²) in [7, 11) is 0. The van der Waals surface area contributed by atoms with Crippen molar-refractivity contribution in [2.75, 3.05) is 5.43 Å². The number of hydrogen-bond donors (Lipinski definition) is 2. The van der Waals surface area contributed by atoms with E-state index < -0.39 is 0 Å². The molecule has 3 heterocycles. The predicted octanol–water partition coefficient (Wildman–Crippen LogP) is 2.14. The number of hydrazine groups is 1. The predicted molar refractivity (Wildman–Crippen MR) is 87.3 cm³/mol. The van der Waals surface area contributed by atoms with E-state index >= 15 is 0 Å². The molecular formula is C16H13N7. The van der Waals surface area contributed by atoms with Crippen molar-refractivity contribution in [2.45, 2.75) is 0 Å². The summed E-state index contributed by atoms with van der Waals surface area (Å²) in [6.45, 7) is 0. The van der Waals surface area contributed by atoms with Crippen LogP contribution in [0.1, 0.15) is 0 Å². The van der Waals surface area contributed by atoms with Gasteiger partial charge in [0.15, 0.2) is 5.65 Å². The van der Waals surface area contributed by atoms with Gasteiger partial charge in [0.05, 0.1) is 11.9 Å². The molecule has 7 heteroatoms. The lowest BCUT2D eigenvalue weighted by Gasteiger charge is -2.07. The first kappa shape index (κ1) is 13.4. The highest BCUT2D eigenvalue weighted by Gasteiger charge is 2.12. The number of hydrogen-bond acceptors (Lipinski definition) is 6. The molecule has 0 unspecified atom stereocenters. The summed E-state index contributed by atoms with van der Waals surface area (Å²) in [6.07, 6.45) is 4.91. The Morgan fingerprint density at radius 3 is 2.57 bits per heavy atom. The van der Waals surface area contributed by atoms with Crippen LogP contribution in [0.25, 0.3) is 28.3 Å². The van der Waals surface area contributed by atoms with Gasteiger partial charge in [-0.15, -0.1) is 0 Å². The molecule has 4 aromatic rings. The van der Waals surface area contributed by atoms with Gasteiger partial charge in [-0.1, -0.05) is 30.3 Å². The molecule has 0 amide bonds. The van der Waals surface area contributed by atoms with Crippen molar-refractivity contribution in [3.63, 3.8) is 0 Å². The van der Waals surface area contributed by atoms with Crippen molar-refractivity contribution >= 4 is 11.5 Å². The van der Waals surface area contributed by atoms with Crippen LogP contribution in [0.5, 0.6) is 0 Å². The number of nitrogens with zero attached hydrogens (tertiary/aromatic N) is 5. The molecule has 0 spiro atoms. The van der Waals surface area contributed by atoms with E-state index in [9.17, 15) is 0 Å². The monoisotopic (exact) mass is 303 g/mol. The van der Waals surface area contributed by atoms with Gasteiger partial charge in [-0.25, -0.2) is 10.8 Å². The Morgan fingerprint density at radius 1 is 0.957 bits per heavy atom. The zero-order chi connectivity index (χ0) is 15.6. The molecule has 0 aliphatic heterocycles. The van der Waals surface area contributed by atoms with Crippen LogP contribution >= 0.6 is 0 Å². The van der Waals surface area contributed by atoms with Crippen molar-refractivity contribution in [3.8, 4) is 22.6 Å². The second kappa shape index (κ2) is 5.47. The van der Waals surface area contributed by atoms with Gasteiger partial charge >= 0.3 is 0 Å². The molecule has 0 atom stereocenters. The molecule has 4 rings (SSSR count). The minimum atomic E-state index is 0.643. The largest absolute Gasteiger partial charge is 0.308 e. The summed E-state index contributed by atoms with van der Waals surface area (Å²) in [4.78, 5) is 13.0. The Kier molecular flexibility index (Phi) is 3.17. The van der Waals surface area contributed by atoms with Crippen LogP contribution < -0.4 is 11.3 Å². The topological polar surface area (TPSA) is 94.0 Å². The normalized spacial score (nSPS) is 10.8. The lowest BCUT2D eigenvalue weighted by molar-refractivity contribution is 0.937. The van der Waals surface area contributed by atoms with Gasteiger partial charge in [-0.3, -0.25) is 9.97 Å². The zero-order valence-electron chi connectivity index (χ0n) is 12.1. The van der Waals surface area contributed by atoms with Crippen molar-refractivity contribution in [1.82, 2.24) is 24.6 Å². The molecule has 0 radical (unpaired) electrons. The molecule has 0 bridgehead atoms. The molecule has 0 aliphatic carbocycles. The van der Waals surface area contributed by atoms with E-state index in [4.69, 9.17) is 5.84 Å². The third-order valence-electron chi connectivity index (χ3n) is 3.47. The third-order valence-corrected chi connectivity index (χ3v) is 3.47. The number of nitrogens with two attached hydrogens (primary N) is 1. The summed E-state index contributed by atoms with van der Waals surface area (Å²) in [6, 6.07) is 13.6. The van der Waals surface area contributed by atoms with Crippen molar-refractivity contribution < 1.29 is 0 Å². The number of benzene rings is 1. The molecule has 112 valence electrons. The number of fused-ring (bicyclic) bond motifs is 1. The number of anilines is 1. The number of nitrogen functional groups attached to an aromatic ring is 1. The average Bonchev–Trinajstić information content (AvgIpc) is 3.06. The first-order chi connectivity index (χ1) is 11.3. The van der Waals surface area contributed by atoms with Crippen molar-refractivity contribution in [3.05, 3.63) is 61.1 Å². The van der Waals surface area contributed by atoms with Gasteiger partial charge in [-0.05, 0) is 0 Å². The van der Waals surface area contributed by atoms with Gasteiger partial charge in [0.2, 0.25) is 0 Å². The van der Waals surface area contributed by atoms with Gasteiger partial charge in [0, 0.05) is 30.1 Å². The van der Waals surface area contributed by atoms with Crippen LogP contribution in [0.2, 0.25) is 0 Å². The maximum absolute atomic E-state index is 5.64. The Labute approximate surface area is 131 Å². The van der Waals surface area contributed by atoms with Crippen LogP contribution in [0.4, 0.5) is 5.82 Å². The maximum Gasteiger partial charge on any atom is 0.158 e. The SMILES string of the molecule is NNc1cc(-c2ccccc2)nc2cc(-c3cnccn3)nn12. The Balaban J connectivity index is 1.90. The second-order valence-electron chi connectivity index (χ2n) is 4.93. The second-order valence-corrected chi connectivity index (χ2v) is 4.93. The minimum absolute atomic E-state index is 0.643. The summed E-state index contributed by atoms with van der Waals surface area (Å²) in [5.74, 6) is 6.29. The molecule has 0 aliphatic rings. The van der Waals surface area contributed by atoms with Crippen LogP contribution in [-0.4, -0.2) is 24.6 Å². The van der Waals surface area contributed by atoms with Gasteiger partial charge < -0.3 is 5.43 Å². The summed E-state index contributed by atoms with van der Waals surface area (Å²) in [5, 5.41) is 4.50. The Hall–Kier alpha value is -3.32. The fourth-order valence-electron chi connectivity index (χ4n) is 2.39. The maximum atomic E-state index is 5.64. The molecule has 0 saturated heterocycles. The van der Waals surface area contributed by atoms with Gasteiger partial charge in [0.1, 0.15) is 17.2 Å². The highest BCUT2D eigenvalue weighted by atomic mass is 15.4. The fraction of sp³-hybridized carbons (Fsp3) is 0. The highest BCUT2D eigenvalue weighted by molar-refractivity contribution is 5.69. The number of rotatable bonds is 3. The molecule has 0 saturated carbocycles. The van der Waals surface area contributed by atoms with Crippen LogP contribution in [0.15, 0.2) is 61.1 Å². The average molecular weight is 303 g/mol. The molecule has 7 nitrogen and oxygen atoms in total. The summed E-state index contributed by atoms with van der Waals surface area (Å²) in [5.41, 5.74) is 6.54. The Morgan fingerprint density at radius 2 is 1.83 bits per heavy atom. The zero-order valence-corrected chi connectivity index (χ0v) is 12.1. The summed E-state index contributed by atoms with van der Waals surface area (Å²) >= 11 is 0. The molecule has 3 N–H and O–H groups in total. The first-order valence-corrected chi connectivity index (χ1v) is 7.04. The van der Waals surface area contributed by atoms with E-state index in [0.29, 0.717) is 22.9 Å². The van der Waals surface area contributed by atoms with Crippen LogP contribution in [-0.2, 0) is 0 Å². The standard InChI is InChI=1S/C16H13N7/c17-21-16-8-12(11-4-2-1-3-5-11)20-15-9-13(22-23(15)16)14-10-18-6-7-19-14/h1-10,21H,17H2. The number of aromatic nitrogens is 5. The van der Waals surface area contributed by atoms with E-state index in [1.54, 1.807) is 23.1 Å². The first-order valence-electron chi connectivity index (χ1n) is 7.04. The van der Waals surface area contributed by atoms with Gasteiger partial charge in [0.25, 0.3) is 0 Å². The van der Waals surface area contributed by atoms with Crippen molar-refractivity contribution in [2.24, 2.45) is 5.84 Å².